The van der Waals surface area contributed by atoms with E-state index in [1.54, 1.807) is 0 Å². The predicted octanol–water partition coefficient (Wildman–Crippen LogP) is 8.08. The Morgan fingerprint density at radius 2 is 0.875 bits per heavy atom. The smallest absolute Gasteiger partial charge is 0.0169 e. The monoisotopic (exact) mass is 325 g/mol. The Balaban J connectivity index is 3.46. The zero-order valence-corrected chi connectivity index (χ0v) is 15.7. The molecule has 0 aliphatic rings. The van der Waals surface area contributed by atoms with E-state index in [4.69, 9.17) is 0 Å². The van der Waals surface area contributed by atoms with Crippen LogP contribution in [0.15, 0.2) is 72.9 Å². The molecule has 0 spiro atoms. The number of hydrogen-bond acceptors (Lipinski definition) is 0. The van der Waals surface area contributed by atoms with Crippen molar-refractivity contribution in [2.24, 2.45) is 0 Å². The van der Waals surface area contributed by atoms with Gasteiger partial charge in [0, 0.05) is 0 Å². The Hall–Kier alpha value is -1.56. The summed E-state index contributed by atoms with van der Waals surface area (Å²) in [6.45, 7) is 6.02. The second-order valence-electron chi connectivity index (χ2n) is 5.76. The lowest BCUT2D eigenvalue weighted by molar-refractivity contribution is 0.759. The molecule has 1 radical (unpaired) electrons. The average Bonchev–Trinajstić information content (AvgIpc) is 2.60. The highest BCUT2D eigenvalue weighted by atomic mass is 13.9. The largest absolute Gasteiger partial charge is 0.0885 e. The summed E-state index contributed by atoms with van der Waals surface area (Å²) >= 11 is 0. The van der Waals surface area contributed by atoms with Gasteiger partial charge in [0.15, 0.2) is 0 Å². The SMILES string of the molecule is [CH2]CCCC/C=C/C/C=C/C/C=C/C/C=C/C/C=C/C/C=C/CC. The molecule has 0 heteroatoms. The summed E-state index contributed by atoms with van der Waals surface area (Å²) in [6.07, 6.45) is 38.0. The fourth-order valence-electron chi connectivity index (χ4n) is 2.08. The third kappa shape index (κ3) is 20.4. The maximum Gasteiger partial charge on any atom is -0.0169 e. The minimum absolute atomic E-state index is 1.03. The molecule has 24 heavy (non-hydrogen) atoms. The van der Waals surface area contributed by atoms with Crippen LogP contribution in [0.3, 0.4) is 0 Å². The van der Waals surface area contributed by atoms with Gasteiger partial charge in [-0.25, -0.2) is 0 Å². The Morgan fingerprint density at radius 1 is 0.500 bits per heavy atom. The molecular formula is C24H37. The summed E-state index contributed by atoms with van der Waals surface area (Å²) in [5, 5.41) is 0. The molecule has 0 fully saturated rings. The molecule has 0 aromatic heterocycles. The van der Waals surface area contributed by atoms with E-state index in [0.29, 0.717) is 0 Å². The summed E-state index contributed by atoms with van der Waals surface area (Å²) in [4.78, 5) is 0. The molecule has 0 rings (SSSR count). The first kappa shape index (κ1) is 22.4. The van der Waals surface area contributed by atoms with Gasteiger partial charge in [-0.3, -0.25) is 0 Å². The van der Waals surface area contributed by atoms with Crippen LogP contribution in [-0.2, 0) is 0 Å². The van der Waals surface area contributed by atoms with Crippen LogP contribution in [-0.4, -0.2) is 0 Å². The second kappa shape index (κ2) is 21.4. The molecular weight excluding hydrogens is 288 g/mol. The minimum Gasteiger partial charge on any atom is -0.0885 e. The Kier molecular flexibility index (Phi) is 20.0. The van der Waals surface area contributed by atoms with Gasteiger partial charge in [-0.2, -0.15) is 0 Å². The van der Waals surface area contributed by atoms with Gasteiger partial charge in [0.25, 0.3) is 0 Å². The van der Waals surface area contributed by atoms with Crippen LogP contribution in [0, 0.1) is 6.92 Å². The molecule has 0 saturated carbocycles. The summed E-state index contributed by atoms with van der Waals surface area (Å²) < 4.78 is 0. The molecule has 0 aliphatic carbocycles. The highest BCUT2D eigenvalue weighted by Crippen LogP contribution is 2.00. The van der Waals surface area contributed by atoms with Crippen LogP contribution in [0.1, 0.15) is 71.1 Å². The molecule has 0 amide bonds. The van der Waals surface area contributed by atoms with Crippen molar-refractivity contribution >= 4 is 0 Å². The van der Waals surface area contributed by atoms with Crippen molar-refractivity contribution in [3.8, 4) is 0 Å². The van der Waals surface area contributed by atoms with Gasteiger partial charge in [0.2, 0.25) is 0 Å². The lowest BCUT2D eigenvalue weighted by Gasteiger charge is -1.90. The van der Waals surface area contributed by atoms with Gasteiger partial charge in [0.1, 0.15) is 0 Å². The maximum atomic E-state index is 3.85. The Labute approximate surface area is 151 Å². The summed E-state index contributed by atoms with van der Waals surface area (Å²) in [5.74, 6) is 0. The fourth-order valence-corrected chi connectivity index (χ4v) is 2.08. The molecule has 0 atom stereocenters. The topological polar surface area (TPSA) is 0 Å². The van der Waals surface area contributed by atoms with Gasteiger partial charge in [0.05, 0.1) is 0 Å². The molecule has 0 unspecified atom stereocenters. The third-order valence-corrected chi connectivity index (χ3v) is 3.47. The molecule has 0 bridgehead atoms. The van der Waals surface area contributed by atoms with Crippen molar-refractivity contribution in [2.75, 3.05) is 0 Å². The third-order valence-electron chi connectivity index (χ3n) is 3.47. The predicted molar refractivity (Wildman–Crippen MR) is 112 cm³/mol. The lowest BCUT2D eigenvalue weighted by atomic mass is 10.2. The first-order valence-corrected chi connectivity index (χ1v) is 9.61. The van der Waals surface area contributed by atoms with Crippen LogP contribution in [0.2, 0.25) is 0 Å². The quantitative estimate of drug-likeness (QED) is 0.211. The summed E-state index contributed by atoms with van der Waals surface area (Å²) in [5.41, 5.74) is 0. The van der Waals surface area contributed by atoms with Gasteiger partial charge < -0.3 is 0 Å². The van der Waals surface area contributed by atoms with E-state index in [0.717, 1.165) is 44.9 Å². The lowest BCUT2D eigenvalue weighted by Crippen LogP contribution is -1.70. The first-order chi connectivity index (χ1) is 11.9. The van der Waals surface area contributed by atoms with E-state index in [-0.39, 0.29) is 0 Å². The maximum absolute atomic E-state index is 3.85. The van der Waals surface area contributed by atoms with E-state index < -0.39 is 0 Å². The van der Waals surface area contributed by atoms with E-state index in [1.807, 2.05) is 0 Å². The molecule has 0 saturated heterocycles. The van der Waals surface area contributed by atoms with E-state index >= 15 is 0 Å². The van der Waals surface area contributed by atoms with Crippen molar-refractivity contribution in [3.63, 3.8) is 0 Å². The van der Waals surface area contributed by atoms with E-state index in [9.17, 15) is 0 Å². The van der Waals surface area contributed by atoms with Crippen molar-refractivity contribution in [1.29, 1.82) is 0 Å². The second-order valence-corrected chi connectivity index (χ2v) is 5.76. The van der Waals surface area contributed by atoms with Gasteiger partial charge in [-0.1, -0.05) is 99.6 Å². The molecule has 0 nitrogen and oxygen atoms in total. The number of rotatable bonds is 15. The highest BCUT2D eigenvalue weighted by Gasteiger charge is 1.80. The highest BCUT2D eigenvalue weighted by molar-refractivity contribution is 5.01. The number of allylic oxidation sites excluding steroid dienone is 12. The van der Waals surface area contributed by atoms with Crippen molar-refractivity contribution in [1.82, 2.24) is 0 Å². The first-order valence-electron chi connectivity index (χ1n) is 9.61. The van der Waals surface area contributed by atoms with Crippen molar-refractivity contribution in [2.45, 2.75) is 71.1 Å². The van der Waals surface area contributed by atoms with Gasteiger partial charge in [-0.05, 0) is 51.4 Å². The molecule has 133 valence electrons. The molecule has 0 aromatic rings. The van der Waals surface area contributed by atoms with Gasteiger partial charge >= 0.3 is 0 Å². The Morgan fingerprint density at radius 3 is 1.25 bits per heavy atom. The minimum atomic E-state index is 1.03. The average molecular weight is 326 g/mol. The van der Waals surface area contributed by atoms with Crippen molar-refractivity contribution in [3.05, 3.63) is 79.8 Å². The Bertz CT molecular complexity index is 402. The molecule has 0 aromatic carbocycles. The van der Waals surface area contributed by atoms with Crippen LogP contribution < -0.4 is 0 Å². The fraction of sp³-hybridized carbons (Fsp3) is 0.458. The van der Waals surface area contributed by atoms with Crippen LogP contribution in [0.4, 0.5) is 0 Å². The van der Waals surface area contributed by atoms with Crippen LogP contribution in [0.25, 0.3) is 0 Å². The number of unbranched alkanes of at least 4 members (excludes halogenated alkanes) is 3. The summed E-state index contributed by atoms with van der Waals surface area (Å²) in [6, 6.07) is 0. The standard InChI is InChI=1S/C24H37/c1-3-5-7-9-11-13-15-17-19-21-23-24-22-20-18-16-14-12-10-8-6-4-2/h6,8,11-14,17-20,23-24H,1,3-5,7,9-10,15-16,21-22H2,2H3/b8-6+,13-11+,14-12+,19-17+,20-18+,24-23+. The zero-order valence-electron chi connectivity index (χ0n) is 15.7. The normalized spacial score (nSPS) is 13.2. The zero-order chi connectivity index (χ0) is 17.6. The molecule has 0 N–H and O–H groups in total. The number of hydrogen-bond donors (Lipinski definition) is 0. The van der Waals surface area contributed by atoms with Gasteiger partial charge in [-0.15, -0.1) is 0 Å². The van der Waals surface area contributed by atoms with E-state index in [2.05, 4.69) is 86.8 Å². The molecule has 0 heterocycles. The summed E-state index contributed by atoms with van der Waals surface area (Å²) in [7, 11) is 0. The van der Waals surface area contributed by atoms with Crippen LogP contribution >= 0.6 is 0 Å². The van der Waals surface area contributed by atoms with E-state index in [1.165, 1.54) is 19.3 Å². The van der Waals surface area contributed by atoms with Crippen LogP contribution in [0.5, 0.6) is 0 Å². The molecule has 0 aliphatic heterocycles. The van der Waals surface area contributed by atoms with Crippen molar-refractivity contribution < 1.29 is 0 Å².